The maximum atomic E-state index is 14.9. The molecule has 2 N–H and O–H groups in total. The lowest BCUT2D eigenvalue weighted by Crippen LogP contribution is -2.25. The Morgan fingerprint density at radius 2 is 1.98 bits per heavy atom. The molecule has 0 amide bonds. The minimum Gasteiger partial charge on any atom is -0.492 e. The van der Waals surface area contributed by atoms with Gasteiger partial charge in [0.1, 0.15) is 29.7 Å². The van der Waals surface area contributed by atoms with Crippen LogP contribution < -0.4 is 9.47 Å². The molecule has 3 heterocycles. The molecular formula is C30H24F3N3O4. The molecule has 7 nitrogen and oxygen atoms in total. The number of ether oxygens (including phenoxy) is 3. The van der Waals surface area contributed by atoms with Crippen molar-refractivity contribution < 1.29 is 32.2 Å². The molecule has 6 rings (SSSR count). The van der Waals surface area contributed by atoms with Gasteiger partial charge < -0.3 is 24.2 Å². The number of aromatic nitrogens is 3. The molecule has 1 atom stereocenters. The van der Waals surface area contributed by atoms with Crippen LogP contribution in [0.15, 0.2) is 60.9 Å². The highest BCUT2D eigenvalue weighted by Gasteiger charge is 2.41. The Hall–Kier alpha value is -4.73. The van der Waals surface area contributed by atoms with Crippen molar-refractivity contribution in [3.8, 4) is 28.6 Å². The number of esters is 1. The Bertz CT molecular complexity index is 1760. The third-order valence-corrected chi connectivity index (χ3v) is 7.12. The SMILES string of the molecule is CCOC(=O)Cc1cccc2c1OC[C@@]2(C)c1cnc(-c2cc(Oc3c(F)cc4[nH]ccc4c3F)ccc2F)[nH]1. The highest BCUT2D eigenvalue weighted by Crippen LogP contribution is 2.45. The number of nitrogens with zero attached hydrogens (tertiary/aromatic N) is 1. The number of benzene rings is 3. The number of carbonyl (C=O) groups is 1. The number of H-pyrrole nitrogens is 2. The number of aromatic amines is 2. The predicted molar refractivity (Wildman–Crippen MR) is 141 cm³/mol. The van der Waals surface area contributed by atoms with Crippen LogP contribution in [0.4, 0.5) is 13.2 Å². The maximum Gasteiger partial charge on any atom is 0.310 e. The standard InChI is InChI=1S/C30H24F3N3O4/c1-3-38-25(37)11-16-5-4-6-20-27(16)39-15-30(20,2)24-14-35-29(36-24)19-12-17(7-8-21(19)31)40-28-22(32)13-23-18(26(28)33)9-10-34-23/h4-10,12-14,34H,3,11,15H2,1-2H3,(H,35,36)/t30-/m1/s1. The van der Waals surface area contributed by atoms with E-state index in [0.29, 0.717) is 22.5 Å². The number of fused-ring (bicyclic) bond motifs is 2. The molecule has 204 valence electrons. The number of nitrogens with one attached hydrogen (secondary N) is 2. The van der Waals surface area contributed by atoms with Crippen molar-refractivity contribution in [1.29, 1.82) is 0 Å². The zero-order valence-electron chi connectivity index (χ0n) is 21.6. The Labute approximate surface area is 226 Å². The summed E-state index contributed by atoms with van der Waals surface area (Å²) in [5.41, 5.74) is 1.93. The van der Waals surface area contributed by atoms with Gasteiger partial charge in [-0.25, -0.2) is 18.2 Å². The zero-order valence-corrected chi connectivity index (χ0v) is 21.6. The van der Waals surface area contributed by atoms with E-state index in [2.05, 4.69) is 15.0 Å². The van der Waals surface area contributed by atoms with Crippen LogP contribution in [0.25, 0.3) is 22.3 Å². The number of halogens is 3. The van der Waals surface area contributed by atoms with Crippen LogP contribution >= 0.6 is 0 Å². The first-order valence-electron chi connectivity index (χ1n) is 12.7. The Kier molecular flexibility index (Phi) is 6.25. The van der Waals surface area contributed by atoms with Crippen LogP contribution in [0, 0.1) is 17.5 Å². The number of hydrogen-bond donors (Lipinski definition) is 2. The van der Waals surface area contributed by atoms with Crippen molar-refractivity contribution in [2.45, 2.75) is 25.7 Å². The first-order chi connectivity index (χ1) is 19.3. The summed E-state index contributed by atoms with van der Waals surface area (Å²) in [6.07, 6.45) is 3.17. The van der Waals surface area contributed by atoms with Gasteiger partial charge in [-0.15, -0.1) is 0 Å². The topological polar surface area (TPSA) is 89.2 Å². The van der Waals surface area contributed by atoms with Gasteiger partial charge in [-0.3, -0.25) is 4.79 Å². The highest BCUT2D eigenvalue weighted by molar-refractivity contribution is 5.82. The van der Waals surface area contributed by atoms with Gasteiger partial charge in [0.25, 0.3) is 0 Å². The van der Waals surface area contributed by atoms with Gasteiger partial charge in [0, 0.05) is 40.7 Å². The van der Waals surface area contributed by atoms with Crippen LogP contribution in [-0.2, 0) is 21.4 Å². The van der Waals surface area contributed by atoms with E-state index in [1.807, 2.05) is 25.1 Å². The van der Waals surface area contributed by atoms with E-state index < -0.39 is 28.6 Å². The van der Waals surface area contributed by atoms with E-state index in [-0.39, 0.29) is 48.1 Å². The van der Waals surface area contributed by atoms with E-state index in [1.54, 1.807) is 13.1 Å². The third-order valence-electron chi connectivity index (χ3n) is 7.12. The normalized spacial score (nSPS) is 16.1. The van der Waals surface area contributed by atoms with Crippen molar-refractivity contribution in [2.75, 3.05) is 13.2 Å². The summed E-state index contributed by atoms with van der Waals surface area (Å²) in [6.45, 7) is 4.27. The first kappa shape index (κ1) is 25.5. The van der Waals surface area contributed by atoms with Gasteiger partial charge in [-0.1, -0.05) is 18.2 Å². The fourth-order valence-electron chi connectivity index (χ4n) is 5.03. The van der Waals surface area contributed by atoms with Crippen molar-refractivity contribution in [1.82, 2.24) is 15.0 Å². The van der Waals surface area contributed by atoms with E-state index in [0.717, 1.165) is 17.7 Å². The Morgan fingerprint density at radius 1 is 1.12 bits per heavy atom. The predicted octanol–water partition coefficient (Wildman–Crippen LogP) is 6.57. The molecule has 0 fully saturated rings. The molecule has 10 heteroatoms. The average Bonchev–Trinajstić information content (AvgIpc) is 3.68. The second-order valence-electron chi connectivity index (χ2n) is 9.73. The van der Waals surface area contributed by atoms with Crippen LogP contribution in [-0.4, -0.2) is 34.1 Å². The van der Waals surface area contributed by atoms with Crippen LogP contribution in [0.2, 0.25) is 0 Å². The molecule has 0 saturated heterocycles. The van der Waals surface area contributed by atoms with Crippen LogP contribution in [0.1, 0.15) is 30.7 Å². The second-order valence-corrected chi connectivity index (χ2v) is 9.73. The molecule has 2 aromatic heterocycles. The van der Waals surface area contributed by atoms with Gasteiger partial charge in [-0.05, 0) is 38.1 Å². The number of carbonyl (C=O) groups excluding carboxylic acids is 1. The molecule has 0 bridgehead atoms. The summed E-state index contributed by atoms with van der Waals surface area (Å²) < 4.78 is 61.1. The molecule has 3 aromatic carbocycles. The van der Waals surface area contributed by atoms with Crippen molar-refractivity contribution in [3.05, 3.63) is 95.2 Å². The number of imidazole rings is 1. The number of rotatable bonds is 7. The zero-order chi connectivity index (χ0) is 28.0. The summed E-state index contributed by atoms with van der Waals surface area (Å²) in [4.78, 5) is 22.4. The Morgan fingerprint density at radius 3 is 2.80 bits per heavy atom. The van der Waals surface area contributed by atoms with E-state index in [9.17, 15) is 18.0 Å². The molecule has 5 aromatic rings. The maximum absolute atomic E-state index is 14.9. The largest absolute Gasteiger partial charge is 0.492 e. The molecule has 0 unspecified atom stereocenters. The van der Waals surface area contributed by atoms with Gasteiger partial charge >= 0.3 is 5.97 Å². The molecule has 0 radical (unpaired) electrons. The monoisotopic (exact) mass is 547 g/mol. The summed E-state index contributed by atoms with van der Waals surface area (Å²) in [7, 11) is 0. The number of hydrogen-bond acceptors (Lipinski definition) is 5. The average molecular weight is 548 g/mol. The Balaban J connectivity index is 1.31. The van der Waals surface area contributed by atoms with Crippen molar-refractivity contribution >= 4 is 16.9 Å². The molecular weight excluding hydrogens is 523 g/mol. The lowest BCUT2D eigenvalue weighted by molar-refractivity contribution is -0.142. The smallest absolute Gasteiger partial charge is 0.310 e. The summed E-state index contributed by atoms with van der Waals surface area (Å²) in [5, 5.41) is 0.173. The van der Waals surface area contributed by atoms with Crippen LogP contribution in [0.5, 0.6) is 17.2 Å². The lowest BCUT2D eigenvalue weighted by Gasteiger charge is -2.21. The molecule has 0 saturated carbocycles. The van der Waals surface area contributed by atoms with E-state index in [1.165, 1.54) is 24.4 Å². The first-order valence-corrected chi connectivity index (χ1v) is 12.7. The highest BCUT2D eigenvalue weighted by atomic mass is 19.1. The van der Waals surface area contributed by atoms with Crippen LogP contribution in [0.3, 0.4) is 0 Å². The van der Waals surface area contributed by atoms with Crippen molar-refractivity contribution in [3.63, 3.8) is 0 Å². The fraction of sp³-hybridized carbons (Fsp3) is 0.200. The minimum absolute atomic E-state index is 0.0337. The van der Waals surface area contributed by atoms with E-state index in [4.69, 9.17) is 14.2 Å². The van der Waals surface area contributed by atoms with Gasteiger partial charge in [0.15, 0.2) is 17.4 Å². The van der Waals surface area contributed by atoms with Gasteiger partial charge in [0.05, 0.1) is 29.5 Å². The minimum atomic E-state index is -0.895. The summed E-state index contributed by atoms with van der Waals surface area (Å²) in [5.74, 6) is -2.44. The molecule has 1 aliphatic rings. The molecule has 40 heavy (non-hydrogen) atoms. The molecule has 0 aliphatic carbocycles. The number of para-hydroxylation sites is 1. The lowest BCUT2D eigenvalue weighted by atomic mass is 9.81. The third kappa shape index (κ3) is 4.25. The second kappa shape index (κ2) is 9.78. The van der Waals surface area contributed by atoms with E-state index >= 15 is 0 Å². The summed E-state index contributed by atoms with van der Waals surface area (Å²) in [6, 6.07) is 12.0. The summed E-state index contributed by atoms with van der Waals surface area (Å²) >= 11 is 0. The van der Waals surface area contributed by atoms with Crippen molar-refractivity contribution in [2.24, 2.45) is 0 Å². The van der Waals surface area contributed by atoms with Gasteiger partial charge in [0.2, 0.25) is 0 Å². The van der Waals surface area contributed by atoms with Gasteiger partial charge in [-0.2, -0.15) is 0 Å². The quantitative estimate of drug-likeness (QED) is 0.225. The fourth-order valence-corrected chi connectivity index (χ4v) is 5.03. The molecule has 0 spiro atoms. The molecule has 1 aliphatic heterocycles.